The fourth-order valence-electron chi connectivity index (χ4n) is 6.61. The topological polar surface area (TPSA) is 65.1 Å². The number of hydrogen-bond acceptors (Lipinski definition) is 6. The predicted molar refractivity (Wildman–Crippen MR) is 163 cm³/mol. The van der Waals surface area contributed by atoms with Crippen molar-refractivity contribution < 1.29 is 23.8 Å². The van der Waals surface area contributed by atoms with E-state index in [0.29, 0.717) is 44.1 Å². The van der Waals surface area contributed by atoms with Gasteiger partial charge in [0, 0.05) is 55.0 Å². The van der Waals surface area contributed by atoms with Crippen molar-refractivity contribution in [2.75, 3.05) is 27.4 Å². The summed E-state index contributed by atoms with van der Waals surface area (Å²) in [5, 5.41) is 0. The molecule has 1 aliphatic heterocycles. The van der Waals surface area contributed by atoms with Gasteiger partial charge in [-0.15, -0.1) is 0 Å². The molecule has 0 N–H and O–H groups in total. The molecule has 41 heavy (non-hydrogen) atoms. The van der Waals surface area contributed by atoms with Gasteiger partial charge in [-0.05, 0) is 62.9 Å². The third kappa shape index (κ3) is 5.89. The van der Waals surface area contributed by atoms with Crippen molar-refractivity contribution in [2.45, 2.75) is 65.9 Å². The van der Waals surface area contributed by atoms with Gasteiger partial charge in [-0.25, -0.2) is 0 Å². The molecular weight excluding hydrogens is 582 g/mol. The van der Waals surface area contributed by atoms with Crippen LogP contribution in [0.5, 0.6) is 11.5 Å². The summed E-state index contributed by atoms with van der Waals surface area (Å²) in [6.07, 6.45) is 2.41. The maximum atomic E-state index is 14.0. The Balaban J connectivity index is 1.66. The molecule has 218 valence electrons. The summed E-state index contributed by atoms with van der Waals surface area (Å²) < 4.78 is 18.3. The fourth-order valence-corrected chi connectivity index (χ4v) is 7.18. The molecule has 3 aliphatic rings. The number of carbonyl (C=O) groups is 2. The molecule has 0 atom stereocenters. The highest BCUT2D eigenvalue weighted by Gasteiger charge is 2.49. The molecule has 2 aliphatic carbocycles. The van der Waals surface area contributed by atoms with Crippen molar-refractivity contribution in [3.63, 3.8) is 0 Å². The molecule has 0 spiro atoms. The lowest BCUT2D eigenvalue weighted by Crippen LogP contribution is -2.45. The number of Topliss-reactive ketones (excluding diaryl/α,β-unsaturated/α-hetero) is 2. The minimum absolute atomic E-state index is 0.104. The predicted octanol–water partition coefficient (Wildman–Crippen LogP) is 7.37. The number of carbonyl (C=O) groups excluding carboxylic acids is 2. The van der Waals surface area contributed by atoms with E-state index in [4.69, 9.17) is 14.2 Å². The summed E-state index contributed by atoms with van der Waals surface area (Å²) in [6.45, 7) is 10.1. The van der Waals surface area contributed by atoms with Crippen LogP contribution >= 0.6 is 15.9 Å². The first-order chi connectivity index (χ1) is 19.4. The van der Waals surface area contributed by atoms with E-state index in [1.165, 1.54) is 0 Å². The van der Waals surface area contributed by atoms with Crippen LogP contribution < -0.4 is 9.47 Å². The molecule has 2 aromatic rings. The first-order valence-electron chi connectivity index (χ1n) is 14.3. The second-order valence-corrected chi connectivity index (χ2v) is 13.8. The molecule has 1 heterocycles. The van der Waals surface area contributed by atoms with E-state index in [1.54, 1.807) is 14.2 Å². The zero-order chi connectivity index (χ0) is 29.5. The van der Waals surface area contributed by atoms with Crippen LogP contribution in [0.25, 0.3) is 0 Å². The molecule has 0 radical (unpaired) electrons. The van der Waals surface area contributed by atoms with Crippen LogP contribution in [0, 0.1) is 10.8 Å². The normalized spacial score (nSPS) is 20.2. The van der Waals surface area contributed by atoms with Crippen LogP contribution in [0.1, 0.15) is 70.4 Å². The number of allylic oxidation sites excluding steroid dienone is 4. The lowest BCUT2D eigenvalue weighted by atomic mass is 9.63. The van der Waals surface area contributed by atoms with Gasteiger partial charge in [0.25, 0.3) is 0 Å². The largest absolute Gasteiger partial charge is 0.493 e. The number of ether oxygens (including phenoxy) is 3. The average molecular weight is 623 g/mol. The highest BCUT2D eigenvalue weighted by atomic mass is 79.9. The molecular formula is C34H40BrNO5. The van der Waals surface area contributed by atoms with E-state index >= 15 is 0 Å². The standard InChI is InChI=1S/C34H40BrNO5/c1-33(2)16-24-30(26(37)18-33)29(31-25(36(24)12-13-39-5)17-34(3,4)19-27(31)38)22-14-23(35)32(28(15-22)40-6)41-20-21-10-8-7-9-11-21/h7-11,14-15,29H,12-13,16-20H2,1-6H3. The first-order valence-corrected chi connectivity index (χ1v) is 15.1. The molecule has 2 aromatic carbocycles. The van der Waals surface area contributed by atoms with E-state index in [1.807, 2.05) is 42.5 Å². The van der Waals surface area contributed by atoms with Gasteiger partial charge in [0.1, 0.15) is 6.61 Å². The first kappa shape index (κ1) is 29.6. The van der Waals surface area contributed by atoms with E-state index < -0.39 is 5.92 Å². The molecule has 5 rings (SSSR count). The van der Waals surface area contributed by atoms with Crippen molar-refractivity contribution >= 4 is 27.5 Å². The van der Waals surface area contributed by atoms with Crippen LogP contribution in [0.4, 0.5) is 0 Å². The summed E-state index contributed by atoms with van der Waals surface area (Å²) in [5.41, 5.74) is 5.07. The summed E-state index contributed by atoms with van der Waals surface area (Å²) in [4.78, 5) is 30.3. The molecule has 0 unspecified atom stereocenters. The zero-order valence-corrected chi connectivity index (χ0v) is 26.5. The Bertz CT molecular complexity index is 1370. The van der Waals surface area contributed by atoms with Gasteiger partial charge in [0.2, 0.25) is 0 Å². The van der Waals surface area contributed by atoms with Crippen molar-refractivity contribution in [1.82, 2.24) is 4.90 Å². The maximum absolute atomic E-state index is 14.0. The van der Waals surface area contributed by atoms with E-state index in [2.05, 4.69) is 48.5 Å². The van der Waals surface area contributed by atoms with Crippen LogP contribution in [0.2, 0.25) is 0 Å². The molecule has 0 amide bonds. The van der Waals surface area contributed by atoms with Gasteiger partial charge in [0.15, 0.2) is 23.1 Å². The minimum Gasteiger partial charge on any atom is -0.493 e. The molecule has 6 nitrogen and oxygen atoms in total. The SMILES string of the molecule is COCCN1C2=C(C(=O)CC(C)(C)C2)C(c2cc(Br)c(OCc3ccccc3)c(OC)c2)C2=C1CC(C)(C)CC2=O. The molecule has 0 saturated carbocycles. The second kappa shape index (κ2) is 11.4. The third-order valence-electron chi connectivity index (χ3n) is 8.35. The number of hydrogen-bond donors (Lipinski definition) is 0. The summed E-state index contributed by atoms with van der Waals surface area (Å²) in [5.74, 6) is 0.899. The monoisotopic (exact) mass is 621 g/mol. The number of ketones is 2. The van der Waals surface area contributed by atoms with E-state index in [-0.39, 0.29) is 22.4 Å². The van der Waals surface area contributed by atoms with Gasteiger partial charge in [0.05, 0.1) is 18.2 Å². The van der Waals surface area contributed by atoms with Crippen molar-refractivity contribution in [3.8, 4) is 11.5 Å². The van der Waals surface area contributed by atoms with Crippen molar-refractivity contribution in [1.29, 1.82) is 0 Å². The zero-order valence-electron chi connectivity index (χ0n) is 24.9. The maximum Gasteiger partial charge on any atom is 0.175 e. The van der Waals surface area contributed by atoms with E-state index in [9.17, 15) is 9.59 Å². The van der Waals surface area contributed by atoms with E-state index in [0.717, 1.165) is 51.0 Å². The number of rotatable bonds is 8. The summed E-state index contributed by atoms with van der Waals surface area (Å²) >= 11 is 3.73. The van der Waals surface area contributed by atoms with Gasteiger partial charge >= 0.3 is 0 Å². The van der Waals surface area contributed by atoms with Gasteiger partial charge in [-0.3, -0.25) is 9.59 Å². The molecule has 0 fully saturated rings. The van der Waals surface area contributed by atoms with Gasteiger partial charge in [-0.1, -0.05) is 58.0 Å². The van der Waals surface area contributed by atoms with Crippen LogP contribution in [-0.2, 0) is 20.9 Å². The smallest absolute Gasteiger partial charge is 0.175 e. The molecule has 0 bridgehead atoms. The Labute approximate surface area is 251 Å². The molecule has 0 saturated heterocycles. The fraction of sp³-hybridized carbons (Fsp3) is 0.471. The second-order valence-electron chi connectivity index (χ2n) is 13.0. The Morgan fingerprint density at radius 3 is 2.00 bits per heavy atom. The Morgan fingerprint density at radius 1 is 0.878 bits per heavy atom. The van der Waals surface area contributed by atoms with Gasteiger partial charge < -0.3 is 19.1 Å². The summed E-state index contributed by atoms with van der Waals surface area (Å²) in [6, 6.07) is 13.9. The number of halogens is 1. The highest BCUT2D eigenvalue weighted by Crippen LogP contribution is 2.55. The Kier molecular flexibility index (Phi) is 8.23. The quantitative estimate of drug-likeness (QED) is 0.307. The lowest BCUT2D eigenvalue weighted by Gasteiger charge is -2.49. The average Bonchev–Trinajstić information content (AvgIpc) is 2.89. The lowest BCUT2D eigenvalue weighted by molar-refractivity contribution is -0.119. The van der Waals surface area contributed by atoms with Gasteiger partial charge in [-0.2, -0.15) is 0 Å². The Morgan fingerprint density at radius 2 is 1.46 bits per heavy atom. The molecule has 0 aromatic heterocycles. The summed E-state index contributed by atoms with van der Waals surface area (Å²) in [7, 11) is 3.31. The van der Waals surface area contributed by atoms with Crippen LogP contribution in [0.15, 0.2) is 69.5 Å². The van der Waals surface area contributed by atoms with Crippen molar-refractivity contribution in [2.24, 2.45) is 10.8 Å². The Hall–Kier alpha value is -2.90. The third-order valence-corrected chi connectivity index (χ3v) is 8.94. The number of benzene rings is 2. The minimum atomic E-state index is -0.459. The number of nitrogens with zero attached hydrogens (tertiary/aromatic N) is 1. The van der Waals surface area contributed by atoms with Crippen LogP contribution in [0.3, 0.4) is 0 Å². The van der Waals surface area contributed by atoms with Crippen molar-refractivity contribution in [3.05, 3.63) is 80.6 Å². The number of methoxy groups -OCH3 is 2. The molecule has 7 heteroatoms. The highest BCUT2D eigenvalue weighted by molar-refractivity contribution is 9.10. The van der Waals surface area contributed by atoms with Crippen LogP contribution in [-0.4, -0.2) is 43.8 Å².